The molecule has 86 valence electrons. The Bertz CT molecular complexity index is 379. The van der Waals surface area contributed by atoms with Crippen molar-refractivity contribution >= 4 is 42.9 Å². The van der Waals surface area contributed by atoms with Gasteiger partial charge in [0.15, 0.2) is 7.85 Å². The maximum atomic E-state index is 11.2. The predicted molar refractivity (Wildman–Crippen MR) is 64.7 cm³/mol. The number of rotatable bonds is 2. The molecule has 0 aromatic carbocycles. The minimum absolute atomic E-state index is 0.0391. The normalized spacial score (nSPS) is 25.3. The summed E-state index contributed by atoms with van der Waals surface area (Å²) in [5, 5.41) is 1.09. The summed E-state index contributed by atoms with van der Waals surface area (Å²) in [7, 11) is 1.90. The molecular weight excluding hydrogens is 246 g/mol. The summed E-state index contributed by atoms with van der Waals surface area (Å²) in [6.45, 7) is 0. The summed E-state index contributed by atoms with van der Waals surface area (Å²) >= 11 is 6.54. The van der Waals surface area contributed by atoms with Crippen molar-refractivity contribution < 1.29 is 9.08 Å². The monoisotopic (exact) mass is 258 g/mol. The lowest BCUT2D eigenvalue weighted by molar-refractivity contribution is -0.139. The van der Waals surface area contributed by atoms with E-state index in [1.54, 1.807) is 0 Å². The van der Waals surface area contributed by atoms with Gasteiger partial charge < -0.3 is 4.29 Å². The first-order chi connectivity index (χ1) is 7.70. The Balaban J connectivity index is 1.92. The van der Waals surface area contributed by atoms with Crippen LogP contribution in [0, 0.1) is 5.92 Å². The first kappa shape index (κ1) is 11.9. The molecule has 1 aromatic heterocycles. The van der Waals surface area contributed by atoms with E-state index in [9.17, 15) is 4.79 Å². The zero-order valence-electron chi connectivity index (χ0n) is 8.98. The molecule has 0 atom stereocenters. The maximum Gasteiger partial charge on any atom is 0.327 e. The highest BCUT2D eigenvalue weighted by Gasteiger charge is 2.29. The Morgan fingerprint density at radius 1 is 1.44 bits per heavy atom. The van der Waals surface area contributed by atoms with E-state index < -0.39 is 0 Å². The Morgan fingerprint density at radius 3 is 2.62 bits per heavy atom. The first-order valence-electron chi connectivity index (χ1n) is 5.33. The first-order valence-corrected chi connectivity index (χ1v) is 6.41. The Morgan fingerprint density at radius 2 is 2.12 bits per heavy atom. The van der Waals surface area contributed by atoms with E-state index in [0.29, 0.717) is 5.92 Å². The number of nitrogens with zero attached hydrogens (tertiary/aromatic N) is 2. The van der Waals surface area contributed by atoms with E-state index in [1.165, 1.54) is 11.5 Å². The molecule has 0 N–H and O–H groups in total. The number of hydrogen-bond donors (Lipinski definition) is 0. The van der Waals surface area contributed by atoms with E-state index in [0.717, 1.165) is 36.4 Å². The molecule has 0 unspecified atom stereocenters. The minimum atomic E-state index is -0.298. The molecule has 1 heterocycles. The van der Waals surface area contributed by atoms with E-state index in [2.05, 4.69) is 13.6 Å². The van der Waals surface area contributed by atoms with Crippen LogP contribution in [-0.2, 0) is 9.08 Å². The number of carbonyl (C=O) groups excluding carboxylic acids is 1. The molecule has 1 saturated carbocycles. The molecule has 7 heteroatoms. The Kier molecular flexibility index (Phi) is 3.81. The average molecular weight is 259 g/mol. The van der Waals surface area contributed by atoms with Gasteiger partial charge in [-0.1, -0.05) is 0 Å². The van der Waals surface area contributed by atoms with Crippen molar-refractivity contribution in [3.8, 4) is 0 Å². The molecule has 0 radical (unpaired) electrons. The van der Waals surface area contributed by atoms with Crippen LogP contribution in [0.2, 0.25) is 0 Å². The lowest BCUT2D eigenvalue weighted by Gasteiger charge is -2.24. The van der Waals surface area contributed by atoms with Gasteiger partial charge in [0.1, 0.15) is 16.9 Å². The smallest absolute Gasteiger partial charge is 0.327 e. The molecule has 0 amide bonds. The fourth-order valence-corrected chi connectivity index (χ4v) is 3.07. The van der Waals surface area contributed by atoms with Gasteiger partial charge in [0, 0.05) is 5.92 Å². The number of carbonyl (C=O) groups is 1. The second-order valence-electron chi connectivity index (χ2n) is 4.12. The highest BCUT2D eigenvalue weighted by Crippen LogP contribution is 2.36. The fourth-order valence-electron chi connectivity index (χ4n) is 2.12. The quantitative estimate of drug-likeness (QED) is 0.735. The van der Waals surface area contributed by atoms with Crippen LogP contribution < -0.4 is 5.72 Å². The summed E-state index contributed by atoms with van der Waals surface area (Å²) in [5.74, 6) is 0.113. The molecule has 0 bridgehead atoms. The van der Waals surface area contributed by atoms with Crippen LogP contribution in [0.5, 0.6) is 0 Å². The number of aromatic nitrogens is 2. The second kappa shape index (κ2) is 5.14. The van der Waals surface area contributed by atoms with Crippen molar-refractivity contribution in [3.63, 3.8) is 0 Å². The van der Waals surface area contributed by atoms with Crippen LogP contribution in [0.25, 0.3) is 0 Å². The third kappa shape index (κ3) is 2.55. The number of halogens is 1. The summed E-state index contributed by atoms with van der Waals surface area (Å²) in [4.78, 5) is 15.6. The lowest BCUT2D eigenvalue weighted by Crippen LogP contribution is -2.21. The largest absolute Gasteiger partial charge is 0.347 e. The molecule has 16 heavy (non-hydrogen) atoms. The van der Waals surface area contributed by atoms with Crippen molar-refractivity contribution in [2.45, 2.75) is 31.6 Å². The summed E-state index contributed by atoms with van der Waals surface area (Å²) in [6.07, 6.45) is 3.58. The minimum Gasteiger partial charge on any atom is -0.347 e. The molecule has 1 fully saturated rings. The highest BCUT2D eigenvalue weighted by atomic mass is 35.5. The van der Waals surface area contributed by atoms with E-state index in [-0.39, 0.29) is 11.9 Å². The molecule has 0 aliphatic heterocycles. The van der Waals surface area contributed by atoms with Crippen molar-refractivity contribution in [3.05, 3.63) is 5.01 Å². The maximum absolute atomic E-state index is 11.2. The molecule has 1 aliphatic carbocycles. The van der Waals surface area contributed by atoms with Gasteiger partial charge in [-0.25, -0.2) is 4.98 Å². The Hall–Kier alpha value is -0.615. The molecule has 1 aromatic rings. The van der Waals surface area contributed by atoms with Gasteiger partial charge in [0.05, 0.1) is 11.6 Å². The van der Waals surface area contributed by atoms with Gasteiger partial charge >= 0.3 is 5.97 Å². The van der Waals surface area contributed by atoms with Gasteiger partial charge in [-0.3, -0.25) is 4.79 Å². The van der Waals surface area contributed by atoms with Crippen LogP contribution in [0.3, 0.4) is 0 Å². The van der Waals surface area contributed by atoms with Gasteiger partial charge in [0.2, 0.25) is 0 Å². The Labute approximate surface area is 104 Å². The van der Waals surface area contributed by atoms with Crippen LogP contribution in [0.4, 0.5) is 0 Å². The highest BCUT2D eigenvalue weighted by molar-refractivity contribution is 7.06. The summed E-state index contributed by atoms with van der Waals surface area (Å²) in [6, 6.07) is 0. The molecule has 0 spiro atoms. The topological polar surface area (TPSA) is 52.1 Å². The van der Waals surface area contributed by atoms with Crippen molar-refractivity contribution in [2.75, 3.05) is 0 Å². The molecule has 2 rings (SSSR count). The van der Waals surface area contributed by atoms with Crippen molar-refractivity contribution in [1.29, 1.82) is 0 Å². The van der Waals surface area contributed by atoms with Crippen molar-refractivity contribution in [1.82, 2.24) is 9.36 Å². The van der Waals surface area contributed by atoms with Gasteiger partial charge in [0.25, 0.3) is 0 Å². The predicted octanol–water partition coefficient (Wildman–Crippen LogP) is 0.767. The van der Waals surface area contributed by atoms with Gasteiger partial charge in [-0.05, 0) is 37.2 Å². The standard InChI is InChI=1S/C9H12BClN2O2S/c10-9-12-7(16-13-9)5-1-3-6(4-2-5)8(14)15-11/h5-6H,1-4,10H2. The van der Waals surface area contributed by atoms with Crippen LogP contribution in [0.1, 0.15) is 36.6 Å². The van der Waals surface area contributed by atoms with Crippen LogP contribution in [-0.4, -0.2) is 23.2 Å². The third-order valence-electron chi connectivity index (χ3n) is 3.03. The zero-order valence-corrected chi connectivity index (χ0v) is 10.6. The van der Waals surface area contributed by atoms with Gasteiger partial charge in [-0.15, -0.1) is 0 Å². The van der Waals surface area contributed by atoms with Crippen LogP contribution in [0.15, 0.2) is 0 Å². The SMILES string of the molecule is Bc1nsc(C2CCC(C(=O)OCl)CC2)n1. The second-order valence-corrected chi connectivity index (χ2v) is 5.06. The molecule has 0 saturated heterocycles. The lowest BCUT2D eigenvalue weighted by atomic mass is 9.82. The van der Waals surface area contributed by atoms with E-state index in [4.69, 9.17) is 11.9 Å². The summed E-state index contributed by atoms with van der Waals surface area (Å²) in [5.41, 5.74) is 0.835. The molecule has 1 aliphatic rings. The third-order valence-corrected chi connectivity index (χ3v) is 4.15. The number of hydrogen-bond acceptors (Lipinski definition) is 5. The summed E-state index contributed by atoms with van der Waals surface area (Å²) < 4.78 is 8.42. The molecule has 4 nitrogen and oxygen atoms in total. The van der Waals surface area contributed by atoms with Gasteiger partial charge in [-0.2, -0.15) is 4.37 Å². The fraction of sp³-hybridized carbons (Fsp3) is 0.667. The average Bonchev–Trinajstić information content (AvgIpc) is 2.75. The van der Waals surface area contributed by atoms with Crippen molar-refractivity contribution in [2.24, 2.45) is 5.92 Å². The van der Waals surface area contributed by atoms with Crippen LogP contribution >= 0.6 is 23.4 Å². The zero-order chi connectivity index (χ0) is 11.5. The van der Waals surface area contributed by atoms with E-state index in [1.807, 2.05) is 7.85 Å². The molecular formula is C9H12BClN2O2S. The van der Waals surface area contributed by atoms with E-state index >= 15 is 0 Å².